The van der Waals surface area contributed by atoms with E-state index in [-0.39, 0.29) is 5.48 Å². The van der Waals surface area contributed by atoms with Gasteiger partial charge in [-0.15, -0.1) is 0 Å². The van der Waals surface area contributed by atoms with Crippen molar-refractivity contribution in [3.8, 4) is 0 Å². The van der Waals surface area contributed by atoms with E-state index in [1.807, 2.05) is 12.1 Å². The third kappa shape index (κ3) is 1.38. The van der Waals surface area contributed by atoms with Crippen molar-refractivity contribution in [3.63, 3.8) is 0 Å². The normalized spacial score (nSPS) is 12.7. The second-order valence-electron chi connectivity index (χ2n) is 2.27. The molecule has 0 spiro atoms. The van der Waals surface area contributed by atoms with Crippen LogP contribution in [0, 0.1) is 0 Å². The van der Waals surface area contributed by atoms with Gasteiger partial charge in [-0.25, -0.2) is 0 Å². The predicted octanol–water partition coefficient (Wildman–Crippen LogP) is 0.816. The molecule has 0 saturated carbocycles. The van der Waals surface area contributed by atoms with Crippen LogP contribution in [0.1, 0.15) is 5.56 Å². The van der Waals surface area contributed by atoms with Gasteiger partial charge >= 0.3 is 0 Å². The molecular weight excluding hydrogens is 140 g/mol. The molecule has 0 radical (unpaired) electrons. The van der Waals surface area contributed by atoms with Gasteiger partial charge in [-0.3, -0.25) is 4.99 Å². The van der Waals surface area contributed by atoms with Crippen molar-refractivity contribution in [2.45, 2.75) is 6.54 Å². The zero-order valence-electron chi connectivity index (χ0n) is 6.04. The van der Waals surface area contributed by atoms with Crippen LogP contribution < -0.4 is 5.32 Å². The van der Waals surface area contributed by atoms with E-state index in [4.69, 9.17) is 0 Å². The highest BCUT2D eigenvalue weighted by atomic mass is 16.0. The van der Waals surface area contributed by atoms with Crippen molar-refractivity contribution in [1.29, 1.82) is 0 Å². The number of aliphatic imine (C=N–C) groups is 1. The highest BCUT2D eigenvalue weighted by molar-refractivity contribution is 5.79. The summed E-state index contributed by atoms with van der Waals surface area (Å²) >= 11 is 0. The third-order valence-corrected chi connectivity index (χ3v) is 1.59. The maximum Gasteiger partial charge on any atom is 0.0872 e. The molecule has 3 heteroatoms. The molecule has 3 nitrogen and oxygen atoms in total. The summed E-state index contributed by atoms with van der Waals surface area (Å²) < 4.78 is 0. The summed E-state index contributed by atoms with van der Waals surface area (Å²) in [5, 5.41) is 3.07. The SMILES string of the molecule is C1=NCc2ccccc2N1.O. The molecule has 1 aromatic rings. The van der Waals surface area contributed by atoms with Crippen molar-refractivity contribution in [2.75, 3.05) is 5.32 Å². The summed E-state index contributed by atoms with van der Waals surface area (Å²) in [5.74, 6) is 0. The fourth-order valence-corrected chi connectivity index (χ4v) is 1.06. The van der Waals surface area contributed by atoms with Crippen LogP contribution in [-0.4, -0.2) is 11.8 Å². The Bertz CT molecular complexity index is 244. The van der Waals surface area contributed by atoms with Crippen LogP contribution in [0.5, 0.6) is 0 Å². The van der Waals surface area contributed by atoms with Gasteiger partial charge in [-0.2, -0.15) is 0 Å². The lowest BCUT2D eigenvalue weighted by atomic mass is 10.1. The van der Waals surface area contributed by atoms with Gasteiger partial charge in [-0.05, 0) is 11.6 Å². The van der Waals surface area contributed by atoms with Crippen molar-refractivity contribution >= 4 is 12.0 Å². The number of benzene rings is 1. The lowest BCUT2D eigenvalue weighted by Gasteiger charge is -2.10. The highest BCUT2D eigenvalue weighted by Crippen LogP contribution is 2.17. The molecule has 0 bridgehead atoms. The Morgan fingerprint density at radius 3 is 2.91 bits per heavy atom. The molecule has 0 unspecified atom stereocenters. The smallest absolute Gasteiger partial charge is 0.0872 e. The van der Waals surface area contributed by atoms with Crippen LogP contribution in [0.25, 0.3) is 0 Å². The molecule has 0 saturated heterocycles. The van der Waals surface area contributed by atoms with Gasteiger partial charge in [-0.1, -0.05) is 18.2 Å². The summed E-state index contributed by atoms with van der Waals surface area (Å²) in [4.78, 5) is 4.08. The molecule has 0 aromatic heterocycles. The van der Waals surface area contributed by atoms with Gasteiger partial charge in [0.2, 0.25) is 0 Å². The topological polar surface area (TPSA) is 55.9 Å². The van der Waals surface area contributed by atoms with Crippen LogP contribution >= 0.6 is 0 Å². The minimum Gasteiger partial charge on any atom is -0.412 e. The zero-order valence-corrected chi connectivity index (χ0v) is 6.04. The number of para-hydroxylation sites is 1. The molecular formula is C8H10N2O. The van der Waals surface area contributed by atoms with E-state index in [2.05, 4.69) is 22.4 Å². The molecule has 58 valence electrons. The van der Waals surface area contributed by atoms with Gasteiger partial charge in [0.25, 0.3) is 0 Å². The number of nitrogens with one attached hydrogen (secondary N) is 1. The average molecular weight is 150 g/mol. The molecule has 0 atom stereocenters. The first-order valence-electron chi connectivity index (χ1n) is 3.29. The van der Waals surface area contributed by atoms with Gasteiger partial charge in [0.1, 0.15) is 0 Å². The molecule has 0 aliphatic carbocycles. The van der Waals surface area contributed by atoms with E-state index < -0.39 is 0 Å². The molecule has 1 aromatic carbocycles. The number of nitrogens with zero attached hydrogens (tertiary/aromatic N) is 1. The van der Waals surface area contributed by atoms with Crippen molar-refractivity contribution in [1.82, 2.24) is 0 Å². The number of anilines is 1. The first-order chi connectivity index (χ1) is 4.97. The van der Waals surface area contributed by atoms with Crippen LogP contribution in [-0.2, 0) is 6.54 Å². The summed E-state index contributed by atoms with van der Waals surface area (Å²) in [6.45, 7) is 0.809. The van der Waals surface area contributed by atoms with E-state index in [0.29, 0.717) is 0 Å². The van der Waals surface area contributed by atoms with Crippen molar-refractivity contribution < 1.29 is 5.48 Å². The Hall–Kier alpha value is -1.35. The molecule has 0 amide bonds. The summed E-state index contributed by atoms with van der Waals surface area (Å²) in [7, 11) is 0. The Morgan fingerprint density at radius 2 is 2.09 bits per heavy atom. The van der Waals surface area contributed by atoms with E-state index in [1.54, 1.807) is 6.34 Å². The maximum absolute atomic E-state index is 4.08. The fourth-order valence-electron chi connectivity index (χ4n) is 1.06. The first-order valence-corrected chi connectivity index (χ1v) is 3.29. The summed E-state index contributed by atoms with van der Waals surface area (Å²) in [6.07, 6.45) is 1.74. The monoisotopic (exact) mass is 150 g/mol. The maximum atomic E-state index is 4.08. The Balaban J connectivity index is 0.000000605. The summed E-state index contributed by atoms with van der Waals surface area (Å²) in [5.41, 5.74) is 2.45. The molecule has 3 N–H and O–H groups in total. The van der Waals surface area contributed by atoms with Crippen molar-refractivity contribution in [2.24, 2.45) is 4.99 Å². The summed E-state index contributed by atoms with van der Waals surface area (Å²) in [6, 6.07) is 8.19. The minimum atomic E-state index is 0. The van der Waals surface area contributed by atoms with E-state index >= 15 is 0 Å². The van der Waals surface area contributed by atoms with Crippen LogP contribution in [0.15, 0.2) is 29.3 Å². The molecule has 1 aliphatic heterocycles. The minimum absolute atomic E-state index is 0. The van der Waals surface area contributed by atoms with Crippen LogP contribution in [0.2, 0.25) is 0 Å². The Labute approximate surface area is 65.1 Å². The average Bonchev–Trinajstić information content (AvgIpc) is 2.05. The molecule has 0 fully saturated rings. The Kier molecular flexibility index (Phi) is 2.23. The quantitative estimate of drug-likeness (QED) is 0.584. The van der Waals surface area contributed by atoms with E-state index in [1.165, 1.54) is 11.3 Å². The first kappa shape index (κ1) is 7.75. The second kappa shape index (κ2) is 3.16. The van der Waals surface area contributed by atoms with E-state index in [0.717, 1.165) is 6.54 Å². The largest absolute Gasteiger partial charge is 0.412 e. The van der Waals surface area contributed by atoms with Gasteiger partial charge in [0.05, 0.1) is 12.9 Å². The van der Waals surface area contributed by atoms with Gasteiger partial charge in [0.15, 0.2) is 0 Å². The molecule has 2 rings (SSSR count). The lowest BCUT2D eigenvalue weighted by molar-refractivity contribution is 0.824. The molecule has 1 heterocycles. The van der Waals surface area contributed by atoms with Gasteiger partial charge < -0.3 is 10.8 Å². The number of hydrogen-bond acceptors (Lipinski definition) is 2. The predicted molar refractivity (Wildman–Crippen MR) is 45.9 cm³/mol. The Morgan fingerprint density at radius 1 is 1.27 bits per heavy atom. The number of hydrogen-bond donors (Lipinski definition) is 1. The van der Waals surface area contributed by atoms with Crippen molar-refractivity contribution in [3.05, 3.63) is 29.8 Å². The number of rotatable bonds is 0. The standard InChI is InChI=1S/C8H8N2.H2O/c1-2-4-8-7(3-1)5-9-6-10-8;/h1-4,6H,5H2,(H,9,10);1H2. The third-order valence-electron chi connectivity index (χ3n) is 1.59. The van der Waals surface area contributed by atoms with Gasteiger partial charge in [0, 0.05) is 5.69 Å². The second-order valence-corrected chi connectivity index (χ2v) is 2.27. The fraction of sp³-hybridized carbons (Fsp3) is 0.125. The molecule has 11 heavy (non-hydrogen) atoms. The van der Waals surface area contributed by atoms with E-state index in [9.17, 15) is 0 Å². The molecule has 1 aliphatic rings. The lowest BCUT2D eigenvalue weighted by Crippen LogP contribution is -2.03. The van der Waals surface area contributed by atoms with Crippen LogP contribution in [0.3, 0.4) is 0 Å². The zero-order chi connectivity index (χ0) is 6.81. The number of fused-ring (bicyclic) bond motifs is 1. The van der Waals surface area contributed by atoms with Crippen LogP contribution in [0.4, 0.5) is 5.69 Å². The highest BCUT2D eigenvalue weighted by Gasteiger charge is 2.00.